The highest BCUT2D eigenvalue weighted by atomic mass is 16.6. The van der Waals surface area contributed by atoms with Crippen LogP contribution >= 0.6 is 0 Å². The third-order valence-corrected chi connectivity index (χ3v) is 7.03. The second-order valence-electron chi connectivity index (χ2n) is 7.64. The van der Waals surface area contributed by atoms with Crippen LogP contribution in [0.5, 0.6) is 0 Å². The van der Waals surface area contributed by atoms with Crippen LogP contribution < -0.4 is 0 Å². The van der Waals surface area contributed by atoms with Gasteiger partial charge in [0.2, 0.25) is 0 Å². The molecule has 3 aliphatic carbocycles. The van der Waals surface area contributed by atoms with Crippen LogP contribution in [0.25, 0.3) is 0 Å². The van der Waals surface area contributed by atoms with Gasteiger partial charge in [0.15, 0.2) is 0 Å². The predicted molar refractivity (Wildman–Crippen MR) is 84.3 cm³/mol. The van der Waals surface area contributed by atoms with Gasteiger partial charge in [-0.05, 0) is 42.7 Å². The van der Waals surface area contributed by atoms with Crippen molar-refractivity contribution in [1.29, 1.82) is 0 Å². The molecule has 1 aliphatic heterocycles. The highest BCUT2D eigenvalue weighted by Gasteiger charge is 2.67. The van der Waals surface area contributed by atoms with E-state index in [1.165, 1.54) is 24.0 Å². The lowest BCUT2D eigenvalue weighted by molar-refractivity contribution is -0.154. The van der Waals surface area contributed by atoms with Gasteiger partial charge < -0.3 is 4.74 Å². The molecule has 0 amide bonds. The fourth-order valence-corrected chi connectivity index (χ4v) is 6.26. The summed E-state index contributed by atoms with van der Waals surface area (Å²) in [6.07, 6.45) is 7.67. The molecule has 1 heterocycles. The van der Waals surface area contributed by atoms with Crippen LogP contribution in [-0.2, 0) is 16.0 Å². The van der Waals surface area contributed by atoms with Crippen LogP contribution in [0, 0.1) is 23.7 Å². The summed E-state index contributed by atoms with van der Waals surface area (Å²) in [5, 5.41) is 0. The van der Waals surface area contributed by atoms with Gasteiger partial charge in [-0.25, -0.2) is 0 Å². The number of hydrogen-bond donors (Lipinski definition) is 0. The second kappa shape index (κ2) is 4.24. The van der Waals surface area contributed by atoms with E-state index in [0.717, 1.165) is 19.3 Å². The van der Waals surface area contributed by atoms with E-state index in [9.17, 15) is 4.79 Å². The lowest BCUT2D eigenvalue weighted by Crippen LogP contribution is -2.48. The Morgan fingerprint density at radius 3 is 2.95 bits per heavy atom. The van der Waals surface area contributed by atoms with Crippen molar-refractivity contribution in [3.63, 3.8) is 0 Å². The fraction of sp³-hybridized carbons (Fsp3) is 0.550. The first-order chi connectivity index (χ1) is 10.7. The van der Waals surface area contributed by atoms with E-state index in [0.29, 0.717) is 23.7 Å². The van der Waals surface area contributed by atoms with Gasteiger partial charge in [0.25, 0.3) is 0 Å². The maximum Gasteiger partial charge on any atom is 0.310 e. The predicted octanol–water partition coefficient (Wildman–Crippen LogP) is 3.86. The third-order valence-electron chi connectivity index (χ3n) is 7.03. The summed E-state index contributed by atoms with van der Waals surface area (Å²) in [4.78, 5) is 12.7. The number of ether oxygens (including phenoxy) is 1. The molecule has 0 radical (unpaired) electrons. The van der Waals surface area contributed by atoms with Crippen molar-refractivity contribution in [3.05, 3.63) is 48.0 Å². The standard InChI is InChI=1S/C20H22O2/c1-2-13-8-10-17-15-9-7-12-5-3-4-6-14(12)18(15)16-11-20(13,17)22-19(16)21/h2-6,13,15-18H,1,7-11H2/t13-,15-,16+,17-,18+,20-/m0/s1. The second-order valence-corrected chi connectivity index (χ2v) is 7.64. The average Bonchev–Trinajstić information content (AvgIpc) is 3.05. The molecule has 0 unspecified atom stereocenters. The van der Waals surface area contributed by atoms with Gasteiger partial charge in [0.1, 0.15) is 5.60 Å². The van der Waals surface area contributed by atoms with Crippen molar-refractivity contribution in [1.82, 2.24) is 0 Å². The molecule has 0 aromatic heterocycles. The maximum atomic E-state index is 12.7. The summed E-state index contributed by atoms with van der Waals surface area (Å²) < 4.78 is 6.10. The van der Waals surface area contributed by atoms with Crippen molar-refractivity contribution in [2.24, 2.45) is 23.7 Å². The Morgan fingerprint density at radius 2 is 2.09 bits per heavy atom. The summed E-state index contributed by atoms with van der Waals surface area (Å²) in [6, 6.07) is 8.76. The van der Waals surface area contributed by atoms with E-state index in [1.54, 1.807) is 0 Å². The first-order valence-electron chi connectivity index (χ1n) is 8.68. The number of fused-ring (bicyclic) bond motifs is 6. The van der Waals surface area contributed by atoms with E-state index < -0.39 is 0 Å². The number of aryl methyl sites for hydroxylation is 1. The molecule has 4 aliphatic rings. The minimum absolute atomic E-state index is 0.0583. The minimum atomic E-state index is -0.211. The zero-order valence-electron chi connectivity index (χ0n) is 12.8. The zero-order chi connectivity index (χ0) is 14.9. The third kappa shape index (κ3) is 1.39. The van der Waals surface area contributed by atoms with Crippen molar-refractivity contribution >= 4 is 5.97 Å². The number of carbonyl (C=O) groups excluding carboxylic acids is 1. The van der Waals surface area contributed by atoms with Gasteiger partial charge in [0.05, 0.1) is 5.92 Å². The Kier molecular flexibility index (Phi) is 2.49. The van der Waals surface area contributed by atoms with Crippen LogP contribution in [0.3, 0.4) is 0 Å². The lowest BCUT2D eigenvalue weighted by Gasteiger charge is -2.47. The zero-order valence-corrected chi connectivity index (χ0v) is 12.8. The molecule has 6 atom stereocenters. The van der Waals surface area contributed by atoms with E-state index in [4.69, 9.17) is 4.74 Å². The first-order valence-corrected chi connectivity index (χ1v) is 8.68. The number of rotatable bonds is 1. The Morgan fingerprint density at radius 1 is 1.23 bits per heavy atom. The van der Waals surface area contributed by atoms with E-state index >= 15 is 0 Å². The molecule has 0 N–H and O–H groups in total. The SMILES string of the molecule is C=C[C@H]1CC[C@H]2[C@@H]3CCc4ccccc4[C@H]3[C@H]3C[C@]12OC3=O. The fourth-order valence-electron chi connectivity index (χ4n) is 6.26. The molecule has 1 saturated heterocycles. The molecule has 114 valence electrons. The molecule has 5 rings (SSSR count). The number of benzene rings is 1. The molecule has 3 fully saturated rings. The Bertz CT molecular complexity index is 663. The molecule has 2 nitrogen and oxygen atoms in total. The molecule has 2 bridgehead atoms. The lowest BCUT2D eigenvalue weighted by atomic mass is 9.56. The Hall–Kier alpha value is -1.57. The topological polar surface area (TPSA) is 26.3 Å². The molecule has 1 aromatic carbocycles. The molecule has 22 heavy (non-hydrogen) atoms. The Balaban J connectivity index is 1.66. The van der Waals surface area contributed by atoms with Crippen molar-refractivity contribution < 1.29 is 9.53 Å². The monoisotopic (exact) mass is 294 g/mol. The summed E-state index contributed by atoms with van der Waals surface area (Å²) in [6.45, 7) is 4.02. The van der Waals surface area contributed by atoms with Crippen molar-refractivity contribution in [2.75, 3.05) is 0 Å². The van der Waals surface area contributed by atoms with Gasteiger partial charge in [-0.2, -0.15) is 0 Å². The summed E-state index contributed by atoms with van der Waals surface area (Å²) >= 11 is 0. The van der Waals surface area contributed by atoms with Crippen LogP contribution in [0.4, 0.5) is 0 Å². The molecule has 1 spiro atoms. The van der Waals surface area contributed by atoms with Gasteiger partial charge in [-0.1, -0.05) is 30.3 Å². The summed E-state index contributed by atoms with van der Waals surface area (Å²) in [5.41, 5.74) is 2.67. The average molecular weight is 294 g/mol. The smallest absolute Gasteiger partial charge is 0.310 e. The van der Waals surface area contributed by atoms with Crippen molar-refractivity contribution in [3.8, 4) is 0 Å². The highest BCUT2D eigenvalue weighted by Crippen LogP contribution is 2.65. The number of carbonyl (C=O) groups is 1. The highest BCUT2D eigenvalue weighted by molar-refractivity contribution is 5.78. The van der Waals surface area contributed by atoms with Crippen LogP contribution in [0.2, 0.25) is 0 Å². The van der Waals surface area contributed by atoms with Crippen LogP contribution in [-0.4, -0.2) is 11.6 Å². The van der Waals surface area contributed by atoms with Gasteiger partial charge in [-0.15, -0.1) is 6.58 Å². The Labute approximate surface area is 131 Å². The quantitative estimate of drug-likeness (QED) is 0.581. The number of hydrogen-bond acceptors (Lipinski definition) is 2. The number of esters is 1. The van der Waals surface area contributed by atoms with Crippen LogP contribution in [0.15, 0.2) is 36.9 Å². The van der Waals surface area contributed by atoms with E-state index in [1.807, 2.05) is 6.08 Å². The van der Waals surface area contributed by atoms with Crippen LogP contribution in [0.1, 0.15) is 42.7 Å². The molecular weight excluding hydrogens is 272 g/mol. The molecule has 2 saturated carbocycles. The molecule has 1 aromatic rings. The van der Waals surface area contributed by atoms with E-state index in [-0.39, 0.29) is 17.5 Å². The normalized spacial score (nSPS) is 44.7. The summed E-state index contributed by atoms with van der Waals surface area (Å²) in [7, 11) is 0. The van der Waals surface area contributed by atoms with Gasteiger partial charge in [-0.3, -0.25) is 4.79 Å². The van der Waals surface area contributed by atoms with Crippen molar-refractivity contribution in [2.45, 2.75) is 43.6 Å². The largest absolute Gasteiger partial charge is 0.458 e. The summed E-state index contributed by atoms with van der Waals surface area (Å²) in [5.74, 6) is 2.04. The molecular formula is C20H22O2. The minimum Gasteiger partial charge on any atom is -0.458 e. The van der Waals surface area contributed by atoms with Gasteiger partial charge >= 0.3 is 5.97 Å². The maximum absolute atomic E-state index is 12.7. The van der Waals surface area contributed by atoms with E-state index in [2.05, 4.69) is 30.8 Å². The van der Waals surface area contributed by atoms with Gasteiger partial charge in [0, 0.05) is 24.2 Å². The molecule has 2 heteroatoms. The first kappa shape index (κ1) is 12.9.